The normalized spacial score (nSPS) is 10.9. The summed E-state index contributed by atoms with van der Waals surface area (Å²) in [6.07, 6.45) is 0.00336. The minimum absolute atomic E-state index is 0.00336. The molecule has 0 atom stereocenters. The summed E-state index contributed by atoms with van der Waals surface area (Å²) in [5.74, 6) is -0.919. The molecule has 0 aliphatic carbocycles. The van der Waals surface area contributed by atoms with Crippen LogP contribution in [0.1, 0.15) is 19.4 Å². The largest absolute Gasteiger partial charge is 0.508 e. The molecule has 0 unspecified atom stereocenters. The zero-order valence-corrected chi connectivity index (χ0v) is 9.86. The van der Waals surface area contributed by atoms with Crippen molar-refractivity contribution in [3.63, 3.8) is 0 Å². The predicted molar refractivity (Wildman–Crippen MR) is 63.2 cm³/mol. The lowest BCUT2D eigenvalue weighted by molar-refractivity contribution is -0.130. The van der Waals surface area contributed by atoms with Crippen LogP contribution in [0.3, 0.4) is 0 Å². The lowest BCUT2D eigenvalue weighted by Crippen LogP contribution is -2.53. The first kappa shape index (κ1) is 13.0. The highest BCUT2D eigenvalue weighted by Gasteiger charge is 2.26. The Hall–Kier alpha value is -2.04. The number of para-hydroxylation sites is 1. The highest BCUT2D eigenvalue weighted by atomic mass is 16.3. The molecule has 0 aliphatic rings. The van der Waals surface area contributed by atoms with Crippen LogP contribution >= 0.6 is 0 Å². The van der Waals surface area contributed by atoms with Gasteiger partial charge in [0, 0.05) is 5.56 Å². The molecule has 5 nitrogen and oxygen atoms in total. The number of hydrogen-bond acceptors (Lipinski definition) is 3. The topological polar surface area (TPSA) is 92.4 Å². The van der Waals surface area contributed by atoms with Crippen LogP contribution in [0.5, 0.6) is 5.75 Å². The minimum Gasteiger partial charge on any atom is -0.508 e. The van der Waals surface area contributed by atoms with Crippen LogP contribution in [-0.2, 0) is 16.0 Å². The summed E-state index contributed by atoms with van der Waals surface area (Å²) in [5.41, 5.74) is 4.55. The van der Waals surface area contributed by atoms with Crippen LogP contribution < -0.4 is 11.1 Å². The highest BCUT2D eigenvalue weighted by Crippen LogP contribution is 2.16. The molecule has 17 heavy (non-hydrogen) atoms. The first-order valence-electron chi connectivity index (χ1n) is 5.20. The Morgan fingerprint density at radius 3 is 2.47 bits per heavy atom. The summed E-state index contributed by atoms with van der Waals surface area (Å²) in [7, 11) is 0. The van der Waals surface area contributed by atoms with Crippen molar-refractivity contribution in [1.29, 1.82) is 0 Å². The van der Waals surface area contributed by atoms with Crippen molar-refractivity contribution in [1.82, 2.24) is 5.32 Å². The molecule has 0 bridgehead atoms. The van der Waals surface area contributed by atoms with Crippen LogP contribution in [0.25, 0.3) is 0 Å². The lowest BCUT2D eigenvalue weighted by Gasteiger charge is -2.22. The molecule has 0 heterocycles. The van der Waals surface area contributed by atoms with E-state index in [9.17, 15) is 14.7 Å². The summed E-state index contributed by atoms with van der Waals surface area (Å²) < 4.78 is 0. The van der Waals surface area contributed by atoms with Crippen molar-refractivity contribution in [2.24, 2.45) is 5.73 Å². The van der Waals surface area contributed by atoms with Crippen molar-refractivity contribution >= 4 is 11.8 Å². The van der Waals surface area contributed by atoms with Crippen molar-refractivity contribution < 1.29 is 14.7 Å². The average Bonchev–Trinajstić information content (AvgIpc) is 2.20. The van der Waals surface area contributed by atoms with Crippen LogP contribution in [0, 0.1) is 0 Å². The molecule has 2 amide bonds. The van der Waals surface area contributed by atoms with Gasteiger partial charge in [0.05, 0.1) is 6.42 Å². The molecule has 0 fully saturated rings. The van der Waals surface area contributed by atoms with E-state index in [1.165, 1.54) is 19.9 Å². The zero-order valence-electron chi connectivity index (χ0n) is 9.86. The zero-order chi connectivity index (χ0) is 13.1. The van der Waals surface area contributed by atoms with Crippen LogP contribution in [0.15, 0.2) is 24.3 Å². The van der Waals surface area contributed by atoms with E-state index < -0.39 is 11.4 Å². The monoisotopic (exact) mass is 236 g/mol. The Balaban J connectivity index is 2.69. The number of primary amides is 1. The summed E-state index contributed by atoms with van der Waals surface area (Å²) >= 11 is 0. The third-order valence-corrected chi connectivity index (χ3v) is 2.41. The number of benzene rings is 1. The molecule has 1 aromatic carbocycles. The molecule has 5 heteroatoms. The molecule has 0 spiro atoms. The first-order chi connectivity index (χ1) is 7.83. The number of aromatic hydroxyl groups is 1. The Kier molecular flexibility index (Phi) is 3.73. The summed E-state index contributed by atoms with van der Waals surface area (Å²) in [6, 6.07) is 6.54. The number of rotatable bonds is 4. The summed E-state index contributed by atoms with van der Waals surface area (Å²) in [5, 5.41) is 12.0. The molecule has 0 aliphatic heterocycles. The number of nitrogens with two attached hydrogens (primary N) is 1. The second-order valence-electron chi connectivity index (χ2n) is 4.34. The van der Waals surface area contributed by atoms with E-state index in [1.807, 2.05) is 0 Å². The van der Waals surface area contributed by atoms with Gasteiger partial charge in [-0.1, -0.05) is 18.2 Å². The second kappa shape index (κ2) is 4.86. The van der Waals surface area contributed by atoms with Gasteiger partial charge < -0.3 is 16.2 Å². The quantitative estimate of drug-likeness (QED) is 0.702. The second-order valence-corrected chi connectivity index (χ2v) is 4.34. The number of amides is 2. The molecule has 0 radical (unpaired) electrons. The molecule has 1 aromatic rings. The van der Waals surface area contributed by atoms with Gasteiger partial charge in [-0.05, 0) is 19.9 Å². The van der Waals surface area contributed by atoms with Crippen LogP contribution in [0.2, 0.25) is 0 Å². The van der Waals surface area contributed by atoms with E-state index in [1.54, 1.807) is 18.2 Å². The number of carbonyl (C=O) groups excluding carboxylic acids is 2. The van der Waals surface area contributed by atoms with Gasteiger partial charge in [-0.3, -0.25) is 9.59 Å². The van der Waals surface area contributed by atoms with E-state index in [-0.39, 0.29) is 18.1 Å². The molecule has 0 aromatic heterocycles. The third-order valence-electron chi connectivity index (χ3n) is 2.41. The van der Waals surface area contributed by atoms with E-state index in [2.05, 4.69) is 5.32 Å². The van der Waals surface area contributed by atoms with E-state index in [4.69, 9.17) is 5.73 Å². The Morgan fingerprint density at radius 1 is 1.35 bits per heavy atom. The molecule has 1 rings (SSSR count). The summed E-state index contributed by atoms with van der Waals surface area (Å²) in [4.78, 5) is 22.7. The van der Waals surface area contributed by atoms with Crippen LogP contribution in [-0.4, -0.2) is 22.5 Å². The highest BCUT2D eigenvalue weighted by molar-refractivity contribution is 5.90. The van der Waals surface area contributed by atoms with Gasteiger partial charge in [0.2, 0.25) is 11.8 Å². The Labute approximate surface area is 99.6 Å². The molecule has 0 saturated heterocycles. The SMILES string of the molecule is CC(C)(NC(=O)Cc1ccccc1O)C(N)=O. The van der Waals surface area contributed by atoms with Gasteiger partial charge in [-0.2, -0.15) is 0 Å². The Bertz CT molecular complexity index is 441. The third kappa shape index (κ3) is 3.48. The number of phenolic OH excluding ortho intramolecular Hbond substituents is 1. The maximum absolute atomic E-state index is 11.7. The fourth-order valence-electron chi connectivity index (χ4n) is 1.29. The fraction of sp³-hybridized carbons (Fsp3) is 0.333. The number of phenols is 1. The maximum Gasteiger partial charge on any atom is 0.242 e. The molecule has 92 valence electrons. The van der Waals surface area contributed by atoms with E-state index >= 15 is 0 Å². The summed E-state index contributed by atoms with van der Waals surface area (Å²) in [6.45, 7) is 3.05. The lowest BCUT2D eigenvalue weighted by atomic mass is 10.0. The molecular formula is C12H16N2O3. The Morgan fingerprint density at radius 2 is 1.94 bits per heavy atom. The maximum atomic E-state index is 11.7. The van der Waals surface area contributed by atoms with Gasteiger partial charge in [0.15, 0.2) is 0 Å². The smallest absolute Gasteiger partial charge is 0.242 e. The van der Waals surface area contributed by atoms with Gasteiger partial charge in [-0.25, -0.2) is 0 Å². The fourth-order valence-corrected chi connectivity index (χ4v) is 1.29. The van der Waals surface area contributed by atoms with Crippen LogP contribution in [0.4, 0.5) is 0 Å². The molecular weight excluding hydrogens is 220 g/mol. The number of nitrogens with one attached hydrogen (secondary N) is 1. The van der Waals surface area contributed by atoms with Gasteiger partial charge >= 0.3 is 0 Å². The number of hydrogen-bond donors (Lipinski definition) is 3. The first-order valence-corrected chi connectivity index (χ1v) is 5.20. The predicted octanol–water partition coefficient (Wildman–Crippen LogP) is 0.315. The average molecular weight is 236 g/mol. The number of carbonyl (C=O) groups is 2. The molecule has 0 saturated carbocycles. The van der Waals surface area contributed by atoms with Crippen molar-refractivity contribution in [2.45, 2.75) is 25.8 Å². The standard InChI is InChI=1S/C12H16N2O3/c1-12(2,11(13)17)14-10(16)7-8-5-3-4-6-9(8)15/h3-6,15H,7H2,1-2H3,(H2,13,17)(H,14,16). The van der Waals surface area contributed by atoms with Crippen molar-refractivity contribution in [2.75, 3.05) is 0 Å². The minimum atomic E-state index is -1.10. The van der Waals surface area contributed by atoms with E-state index in [0.29, 0.717) is 5.56 Å². The van der Waals surface area contributed by atoms with Crippen molar-refractivity contribution in [3.8, 4) is 5.75 Å². The van der Waals surface area contributed by atoms with Gasteiger partial charge in [0.25, 0.3) is 0 Å². The molecule has 4 N–H and O–H groups in total. The van der Waals surface area contributed by atoms with Gasteiger partial charge in [0.1, 0.15) is 11.3 Å². The van der Waals surface area contributed by atoms with Gasteiger partial charge in [-0.15, -0.1) is 0 Å². The van der Waals surface area contributed by atoms with E-state index in [0.717, 1.165) is 0 Å². The van der Waals surface area contributed by atoms with Crippen molar-refractivity contribution in [3.05, 3.63) is 29.8 Å².